The number of nitrogens with zero attached hydrogens (tertiary/aromatic N) is 2. The van der Waals surface area contributed by atoms with E-state index in [0.717, 1.165) is 15.6 Å². The molecule has 1 aromatic rings. The summed E-state index contributed by atoms with van der Waals surface area (Å²) in [6.45, 7) is 2.71. The normalized spacial score (nSPS) is 19.6. The van der Waals surface area contributed by atoms with Gasteiger partial charge < -0.3 is 10.6 Å². The third-order valence-electron chi connectivity index (χ3n) is 2.71. The number of hydrogen-bond donors (Lipinski definition) is 1. The fourth-order valence-corrected chi connectivity index (χ4v) is 2.33. The van der Waals surface area contributed by atoms with Gasteiger partial charge in [-0.05, 0) is 46.7 Å². The van der Waals surface area contributed by atoms with Crippen LogP contribution in [-0.4, -0.2) is 23.3 Å². The second kappa shape index (κ2) is 5.03. The lowest BCUT2D eigenvalue weighted by Gasteiger charge is -2.23. The molecule has 0 bridgehead atoms. The van der Waals surface area contributed by atoms with Crippen molar-refractivity contribution in [2.75, 3.05) is 6.54 Å². The third-order valence-corrected chi connectivity index (χ3v) is 3.43. The maximum Gasteiger partial charge on any atom is 0.346 e. The van der Waals surface area contributed by atoms with E-state index >= 15 is 0 Å². The summed E-state index contributed by atoms with van der Waals surface area (Å²) in [6, 6.07) is 7.59. The molecule has 1 heterocycles. The molecule has 2 rings (SSSR count). The lowest BCUT2D eigenvalue weighted by molar-refractivity contribution is 0.206. The number of amides is 2. The Morgan fingerprint density at radius 3 is 2.65 bits per heavy atom. The summed E-state index contributed by atoms with van der Waals surface area (Å²) in [6.07, 6.45) is 0.898. The van der Waals surface area contributed by atoms with Crippen molar-refractivity contribution in [2.24, 2.45) is 10.7 Å². The van der Waals surface area contributed by atoms with E-state index in [4.69, 9.17) is 5.73 Å². The van der Waals surface area contributed by atoms with Gasteiger partial charge in [-0.25, -0.2) is 4.79 Å². The number of carbonyl (C=O) groups is 1. The summed E-state index contributed by atoms with van der Waals surface area (Å²) in [5.41, 5.74) is 6.87. The van der Waals surface area contributed by atoms with Gasteiger partial charge in [-0.2, -0.15) is 4.99 Å². The summed E-state index contributed by atoms with van der Waals surface area (Å²) in [5, 5.41) is 0. The summed E-state index contributed by atoms with van der Waals surface area (Å²) < 4.78 is 1.16. The largest absolute Gasteiger partial charge is 0.385 e. The number of nitrogens with two attached hydrogens (primary N) is 1. The number of hydrogen-bond acceptors (Lipinski definition) is 2. The SMILES string of the molecule is CCCN1C(=O)N=C(N)C1c1ccc(I)cc1. The minimum atomic E-state index is -0.229. The van der Waals surface area contributed by atoms with Gasteiger partial charge in [-0.15, -0.1) is 0 Å². The Labute approximate surface area is 114 Å². The average molecular weight is 343 g/mol. The summed E-state index contributed by atoms with van der Waals surface area (Å²) in [7, 11) is 0. The smallest absolute Gasteiger partial charge is 0.346 e. The Kier molecular flexibility index (Phi) is 3.66. The number of amidine groups is 1. The van der Waals surface area contributed by atoms with Crippen molar-refractivity contribution in [3.63, 3.8) is 0 Å². The zero-order chi connectivity index (χ0) is 12.4. The van der Waals surface area contributed by atoms with Gasteiger partial charge in [0.1, 0.15) is 11.9 Å². The van der Waals surface area contributed by atoms with Crippen molar-refractivity contribution in [3.8, 4) is 0 Å². The highest BCUT2D eigenvalue weighted by atomic mass is 127. The molecule has 0 aromatic heterocycles. The topological polar surface area (TPSA) is 58.7 Å². The summed E-state index contributed by atoms with van der Waals surface area (Å²) >= 11 is 2.25. The average Bonchev–Trinajstić information content (AvgIpc) is 2.56. The Morgan fingerprint density at radius 2 is 2.06 bits per heavy atom. The molecule has 0 spiro atoms. The second-order valence-corrected chi connectivity index (χ2v) is 5.21. The zero-order valence-electron chi connectivity index (χ0n) is 9.56. The van der Waals surface area contributed by atoms with E-state index in [9.17, 15) is 4.79 Å². The van der Waals surface area contributed by atoms with Crippen molar-refractivity contribution >= 4 is 34.5 Å². The van der Waals surface area contributed by atoms with Crippen LogP contribution in [0, 0.1) is 3.57 Å². The van der Waals surface area contributed by atoms with Gasteiger partial charge in [0.2, 0.25) is 0 Å². The van der Waals surface area contributed by atoms with Crippen molar-refractivity contribution in [3.05, 3.63) is 33.4 Å². The van der Waals surface area contributed by atoms with Crippen LogP contribution in [0.4, 0.5) is 4.79 Å². The fourth-order valence-electron chi connectivity index (χ4n) is 1.97. The van der Waals surface area contributed by atoms with Crippen LogP contribution in [0.5, 0.6) is 0 Å². The second-order valence-electron chi connectivity index (χ2n) is 3.97. The number of urea groups is 1. The molecule has 2 amide bonds. The molecular formula is C12H14IN3O. The van der Waals surface area contributed by atoms with Crippen LogP contribution >= 0.6 is 22.6 Å². The van der Waals surface area contributed by atoms with E-state index < -0.39 is 0 Å². The van der Waals surface area contributed by atoms with E-state index in [1.165, 1.54) is 0 Å². The van der Waals surface area contributed by atoms with Gasteiger partial charge in [0.25, 0.3) is 0 Å². The Hall–Kier alpha value is -1.11. The Morgan fingerprint density at radius 1 is 1.41 bits per heavy atom. The molecule has 1 aromatic carbocycles. The monoisotopic (exact) mass is 343 g/mol. The van der Waals surface area contributed by atoms with Gasteiger partial charge in [-0.3, -0.25) is 0 Å². The number of rotatable bonds is 3. The standard InChI is InChI=1S/C12H14IN3O/c1-2-7-16-10(11(14)15-12(16)17)8-3-5-9(13)6-4-8/h3-6,10H,2,7H2,1H3,(H2,14,15,17). The van der Waals surface area contributed by atoms with Crippen molar-refractivity contribution in [1.29, 1.82) is 0 Å². The van der Waals surface area contributed by atoms with Gasteiger partial charge in [0.15, 0.2) is 0 Å². The minimum absolute atomic E-state index is 0.195. The van der Waals surface area contributed by atoms with Crippen LogP contribution in [0.25, 0.3) is 0 Å². The minimum Gasteiger partial charge on any atom is -0.385 e. The predicted octanol–water partition coefficient (Wildman–Crippen LogP) is 2.54. The molecule has 1 aliphatic heterocycles. The van der Waals surface area contributed by atoms with Gasteiger partial charge >= 0.3 is 6.03 Å². The van der Waals surface area contributed by atoms with Crippen LogP contribution in [0.3, 0.4) is 0 Å². The van der Waals surface area contributed by atoms with Crippen LogP contribution in [0.1, 0.15) is 24.9 Å². The van der Waals surface area contributed by atoms with E-state index in [0.29, 0.717) is 12.4 Å². The number of aliphatic imine (C=N–C) groups is 1. The van der Waals surface area contributed by atoms with Gasteiger partial charge in [0.05, 0.1) is 0 Å². The highest BCUT2D eigenvalue weighted by molar-refractivity contribution is 14.1. The molecular weight excluding hydrogens is 329 g/mol. The zero-order valence-corrected chi connectivity index (χ0v) is 11.7. The molecule has 1 aliphatic rings. The summed E-state index contributed by atoms with van der Waals surface area (Å²) in [5.74, 6) is 0.393. The van der Waals surface area contributed by atoms with Crippen LogP contribution in [0.2, 0.25) is 0 Å². The first-order valence-corrected chi connectivity index (χ1v) is 6.61. The molecule has 90 valence electrons. The maximum absolute atomic E-state index is 11.7. The highest BCUT2D eigenvalue weighted by Gasteiger charge is 2.33. The first kappa shape index (κ1) is 12.3. The molecule has 0 aliphatic carbocycles. The van der Waals surface area contributed by atoms with Gasteiger partial charge in [0, 0.05) is 10.1 Å². The molecule has 1 unspecified atom stereocenters. The molecule has 1 atom stereocenters. The molecule has 0 radical (unpaired) electrons. The predicted molar refractivity (Wildman–Crippen MR) is 75.9 cm³/mol. The Balaban J connectivity index is 2.31. The molecule has 5 heteroatoms. The van der Waals surface area contributed by atoms with E-state index in [1.807, 2.05) is 31.2 Å². The van der Waals surface area contributed by atoms with Gasteiger partial charge in [-0.1, -0.05) is 19.1 Å². The first-order valence-electron chi connectivity index (χ1n) is 5.53. The number of benzene rings is 1. The van der Waals surface area contributed by atoms with E-state index in [2.05, 4.69) is 27.6 Å². The van der Waals surface area contributed by atoms with Crippen LogP contribution in [-0.2, 0) is 0 Å². The van der Waals surface area contributed by atoms with E-state index in [-0.39, 0.29) is 12.1 Å². The maximum atomic E-state index is 11.7. The van der Waals surface area contributed by atoms with Crippen LogP contribution in [0.15, 0.2) is 29.3 Å². The molecule has 0 saturated heterocycles. The van der Waals surface area contributed by atoms with Crippen molar-refractivity contribution in [1.82, 2.24) is 4.90 Å². The highest BCUT2D eigenvalue weighted by Crippen LogP contribution is 2.27. The first-order chi connectivity index (χ1) is 8.13. The lowest BCUT2D eigenvalue weighted by Crippen LogP contribution is -2.33. The molecule has 0 saturated carbocycles. The lowest BCUT2D eigenvalue weighted by atomic mass is 10.1. The van der Waals surface area contributed by atoms with Crippen molar-refractivity contribution in [2.45, 2.75) is 19.4 Å². The quantitative estimate of drug-likeness (QED) is 0.858. The fraction of sp³-hybridized carbons (Fsp3) is 0.333. The third kappa shape index (κ3) is 2.43. The van der Waals surface area contributed by atoms with Crippen molar-refractivity contribution < 1.29 is 4.79 Å². The Bertz CT molecular complexity index is 455. The van der Waals surface area contributed by atoms with Crippen LogP contribution < -0.4 is 5.73 Å². The molecule has 17 heavy (non-hydrogen) atoms. The van der Waals surface area contributed by atoms with E-state index in [1.54, 1.807) is 4.90 Å². The molecule has 0 fully saturated rings. The number of carbonyl (C=O) groups excluding carboxylic acids is 1. The molecule has 4 nitrogen and oxygen atoms in total. The molecule has 2 N–H and O–H groups in total. The summed E-state index contributed by atoms with van der Waals surface area (Å²) in [4.78, 5) is 17.3. The number of halogens is 1.